The van der Waals surface area contributed by atoms with Crippen LogP contribution in [0.2, 0.25) is 0 Å². The van der Waals surface area contributed by atoms with E-state index in [9.17, 15) is 0 Å². The highest BCUT2D eigenvalue weighted by molar-refractivity contribution is 5.22. The van der Waals surface area contributed by atoms with E-state index in [0.717, 1.165) is 64.5 Å². The minimum Gasteiger partial charge on any atom is -0.376 e. The number of benzene rings is 2. The summed E-state index contributed by atoms with van der Waals surface area (Å²) >= 11 is 0. The molecule has 0 unspecified atom stereocenters. The van der Waals surface area contributed by atoms with Gasteiger partial charge in [0.2, 0.25) is 5.82 Å². The van der Waals surface area contributed by atoms with E-state index in [0.29, 0.717) is 0 Å². The molecule has 2 aliphatic heterocycles. The number of nitrogens with one attached hydrogen (secondary N) is 2. The van der Waals surface area contributed by atoms with Crippen molar-refractivity contribution in [1.29, 1.82) is 0 Å². The van der Waals surface area contributed by atoms with E-state index < -0.39 is 0 Å². The molecule has 31 heavy (non-hydrogen) atoms. The van der Waals surface area contributed by atoms with Crippen LogP contribution in [0.1, 0.15) is 35.8 Å². The molecule has 162 valence electrons. The largest absolute Gasteiger partial charge is 0.376 e. The highest BCUT2D eigenvalue weighted by Crippen LogP contribution is 2.19. The van der Waals surface area contributed by atoms with Crippen LogP contribution in [-0.4, -0.2) is 59.1 Å². The predicted octanol–water partition coefficient (Wildman–Crippen LogP) is -0.0749. The van der Waals surface area contributed by atoms with Crippen LogP contribution >= 0.6 is 0 Å². The molecule has 5 rings (SSSR count). The molecule has 2 N–H and O–H groups in total. The average Bonchev–Trinajstić information content (AvgIpc) is 3.50. The van der Waals surface area contributed by atoms with Crippen molar-refractivity contribution in [2.45, 2.75) is 38.1 Å². The SMILES string of the molecule is c1ccc(C[NH+]2CC[NH+]([C@@H](c3ccccc3)c3nnnn3C[C@H]3CCCO3)CC2)cc1. The zero-order valence-electron chi connectivity index (χ0n) is 18.0. The van der Waals surface area contributed by atoms with Crippen molar-refractivity contribution in [2.75, 3.05) is 32.8 Å². The van der Waals surface area contributed by atoms with Crippen molar-refractivity contribution in [1.82, 2.24) is 20.2 Å². The number of rotatable bonds is 7. The second-order valence-electron chi connectivity index (χ2n) is 8.77. The van der Waals surface area contributed by atoms with Gasteiger partial charge in [-0.25, -0.2) is 4.68 Å². The summed E-state index contributed by atoms with van der Waals surface area (Å²) in [6.45, 7) is 7.21. The van der Waals surface area contributed by atoms with Gasteiger partial charge >= 0.3 is 0 Å². The topological polar surface area (TPSA) is 61.7 Å². The Kier molecular flexibility index (Phi) is 6.34. The van der Waals surface area contributed by atoms with E-state index in [1.165, 1.54) is 11.1 Å². The molecule has 0 radical (unpaired) electrons. The molecule has 0 spiro atoms. The van der Waals surface area contributed by atoms with Gasteiger partial charge in [0.05, 0.1) is 12.6 Å². The number of nitrogens with zero attached hydrogens (tertiary/aromatic N) is 4. The molecule has 0 aliphatic carbocycles. The monoisotopic (exact) mass is 420 g/mol. The van der Waals surface area contributed by atoms with E-state index in [-0.39, 0.29) is 12.1 Å². The summed E-state index contributed by atoms with van der Waals surface area (Å²) in [5, 5.41) is 12.9. The average molecular weight is 421 g/mol. The van der Waals surface area contributed by atoms with E-state index in [2.05, 4.69) is 76.2 Å². The minimum atomic E-state index is 0.149. The first-order valence-corrected chi connectivity index (χ1v) is 11.5. The highest BCUT2D eigenvalue weighted by atomic mass is 16.5. The second kappa shape index (κ2) is 9.68. The Labute approximate surface area is 183 Å². The lowest BCUT2D eigenvalue weighted by atomic mass is 10.0. The quantitative estimate of drug-likeness (QED) is 0.562. The van der Waals surface area contributed by atoms with Gasteiger partial charge in [-0.2, -0.15) is 0 Å². The first kappa shape index (κ1) is 20.3. The fourth-order valence-corrected chi connectivity index (χ4v) is 5.02. The van der Waals surface area contributed by atoms with Gasteiger partial charge in [0.15, 0.2) is 6.04 Å². The van der Waals surface area contributed by atoms with Crippen molar-refractivity contribution in [2.24, 2.45) is 0 Å². The van der Waals surface area contributed by atoms with Crippen LogP contribution in [0.15, 0.2) is 60.7 Å². The van der Waals surface area contributed by atoms with E-state index >= 15 is 0 Å². The zero-order valence-corrected chi connectivity index (χ0v) is 18.0. The van der Waals surface area contributed by atoms with Crippen molar-refractivity contribution in [3.8, 4) is 0 Å². The van der Waals surface area contributed by atoms with Gasteiger partial charge in [-0.1, -0.05) is 60.7 Å². The Hall–Kier alpha value is -2.61. The molecule has 0 saturated carbocycles. The fraction of sp³-hybridized carbons (Fsp3) is 0.458. The lowest BCUT2D eigenvalue weighted by Gasteiger charge is -2.34. The van der Waals surface area contributed by atoms with E-state index in [4.69, 9.17) is 4.74 Å². The van der Waals surface area contributed by atoms with Gasteiger partial charge in [0, 0.05) is 17.7 Å². The van der Waals surface area contributed by atoms with Gasteiger partial charge < -0.3 is 14.5 Å². The number of quaternary nitrogens is 2. The lowest BCUT2D eigenvalue weighted by molar-refractivity contribution is -1.03. The van der Waals surface area contributed by atoms with Crippen LogP contribution in [0.4, 0.5) is 0 Å². The maximum atomic E-state index is 5.86. The number of tetrazole rings is 1. The molecule has 7 heteroatoms. The maximum absolute atomic E-state index is 5.86. The van der Waals surface area contributed by atoms with E-state index in [1.54, 1.807) is 9.80 Å². The third-order valence-electron chi connectivity index (χ3n) is 6.66. The molecular formula is C24H32N6O+2. The molecular weight excluding hydrogens is 388 g/mol. The van der Waals surface area contributed by atoms with Gasteiger partial charge in [0.25, 0.3) is 0 Å². The molecule has 3 heterocycles. The molecule has 2 atom stereocenters. The Morgan fingerprint density at radius 3 is 2.42 bits per heavy atom. The van der Waals surface area contributed by atoms with Crippen molar-refractivity contribution in [3.63, 3.8) is 0 Å². The summed E-state index contributed by atoms with van der Waals surface area (Å²) in [6, 6.07) is 21.7. The van der Waals surface area contributed by atoms with E-state index in [1.807, 2.05) is 4.68 Å². The lowest BCUT2D eigenvalue weighted by Crippen LogP contribution is -3.27. The van der Waals surface area contributed by atoms with Crippen LogP contribution in [0.3, 0.4) is 0 Å². The third kappa shape index (κ3) is 4.84. The van der Waals surface area contributed by atoms with Crippen LogP contribution in [-0.2, 0) is 17.8 Å². The number of aromatic nitrogens is 4. The Balaban J connectivity index is 1.33. The number of ether oxygens (including phenoxy) is 1. The Morgan fingerprint density at radius 1 is 0.968 bits per heavy atom. The number of piperazine rings is 1. The standard InChI is InChI=1S/C24H30N6O/c1-3-8-20(9-4-1)18-28-13-15-29(16-14-28)23(21-10-5-2-6-11-21)24-25-26-27-30(24)19-22-12-7-17-31-22/h1-6,8-11,22-23H,7,12-19H2/p+2/t22-,23+/m1/s1. The van der Waals surface area contributed by atoms with Crippen molar-refractivity contribution < 1.29 is 14.5 Å². The van der Waals surface area contributed by atoms with Crippen LogP contribution in [0, 0.1) is 0 Å². The first-order valence-electron chi connectivity index (χ1n) is 11.5. The minimum absolute atomic E-state index is 0.149. The van der Waals surface area contributed by atoms with Crippen LogP contribution < -0.4 is 9.80 Å². The molecule has 2 fully saturated rings. The molecule has 2 saturated heterocycles. The maximum Gasteiger partial charge on any atom is 0.214 e. The van der Waals surface area contributed by atoms with Gasteiger partial charge in [-0.05, 0) is 23.3 Å². The molecule has 3 aromatic rings. The molecule has 1 aromatic heterocycles. The summed E-state index contributed by atoms with van der Waals surface area (Å²) < 4.78 is 7.85. The van der Waals surface area contributed by atoms with Crippen LogP contribution in [0.25, 0.3) is 0 Å². The van der Waals surface area contributed by atoms with Gasteiger partial charge in [-0.3, -0.25) is 0 Å². The summed E-state index contributed by atoms with van der Waals surface area (Å²) in [5.74, 6) is 0.961. The summed E-state index contributed by atoms with van der Waals surface area (Å²) in [5.41, 5.74) is 2.70. The Bertz CT molecular complexity index is 933. The molecule has 0 amide bonds. The summed E-state index contributed by atoms with van der Waals surface area (Å²) in [6.07, 6.45) is 2.44. The first-order chi connectivity index (χ1) is 15.4. The third-order valence-corrected chi connectivity index (χ3v) is 6.66. The summed E-state index contributed by atoms with van der Waals surface area (Å²) in [4.78, 5) is 3.20. The smallest absolute Gasteiger partial charge is 0.214 e. The van der Waals surface area contributed by atoms with Crippen molar-refractivity contribution >= 4 is 0 Å². The zero-order chi connectivity index (χ0) is 20.9. The highest BCUT2D eigenvalue weighted by Gasteiger charge is 2.36. The normalized spacial score (nSPS) is 24.8. The second-order valence-corrected chi connectivity index (χ2v) is 8.77. The van der Waals surface area contributed by atoms with Gasteiger partial charge in [-0.15, -0.1) is 5.10 Å². The molecule has 7 nitrogen and oxygen atoms in total. The summed E-state index contributed by atoms with van der Waals surface area (Å²) in [7, 11) is 0. The number of hydrogen-bond donors (Lipinski definition) is 2. The molecule has 2 aliphatic rings. The van der Waals surface area contributed by atoms with Gasteiger partial charge in [0.1, 0.15) is 32.7 Å². The molecule has 2 aromatic carbocycles. The fourth-order valence-electron chi connectivity index (χ4n) is 5.02. The molecule has 0 bridgehead atoms. The van der Waals surface area contributed by atoms with Crippen molar-refractivity contribution in [3.05, 3.63) is 77.6 Å². The predicted molar refractivity (Wildman–Crippen MR) is 117 cm³/mol. The van der Waals surface area contributed by atoms with Crippen LogP contribution in [0.5, 0.6) is 0 Å². The Morgan fingerprint density at radius 2 is 1.71 bits per heavy atom. The number of hydrogen-bond acceptors (Lipinski definition) is 4.